The van der Waals surface area contributed by atoms with Gasteiger partial charge >= 0.3 is 5.97 Å². The maximum Gasteiger partial charge on any atom is 0.337 e. The molecule has 1 aliphatic rings. The van der Waals surface area contributed by atoms with Crippen LogP contribution in [-0.4, -0.2) is 42.2 Å². The van der Waals surface area contributed by atoms with Gasteiger partial charge in [-0.1, -0.05) is 6.07 Å². The Labute approximate surface area is 170 Å². The second kappa shape index (κ2) is 8.03. The van der Waals surface area contributed by atoms with Crippen LogP contribution in [0.2, 0.25) is 0 Å². The number of anilines is 2. The third kappa shape index (κ3) is 4.54. The predicted molar refractivity (Wildman–Crippen MR) is 110 cm³/mol. The molecule has 0 saturated carbocycles. The van der Waals surface area contributed by atoms with Gasteiger partial charge in [-0.25, -0.2) is 21.6 Å². The Bertz CT molecular complexity index is 1140. The summed E-state index contributed by atoms with van der Waals surface area (Å²) in [5.74, 6) is -0.487. The molecular formula is C19H22N2O6S2. The quantitative estimate of drug-likeness (QED) is 0.719. The van der Waals surface area contributed by atoms with Gasteiger partial charge in [0.2, 0.25) is 10.0 Å². The van der Waals surface area contributed by atoms with Crippen LogP contribution in [0.5, 0.6) is 0 Å². The fourth-order valence-corrected chi connectivity index (χ4v) is 6.12. The van der Waals surface area contributed by atoms with Crippen LogP contribution < -0.4 is 9.03 Å². The lowest BCUT2D eigenvalue weighted by molar-refractivity contribution is 0.0600. The van der Waals surface area contributed by atoms with Crippen molar-refractivity contribution in [3.63, 3.8) is 0 Å². The summed E-state index contributed by atoms with van der Waals surface area (Å²) >= 11 is 0. The number of carbonyl (C=O) groups excluding carboxylic acids is 1. The first-order chi connectivity index (χ1) is 13.6. The van der Waals surface area contributed by atoms with Crippen molar-refractivity contribution < 1.29 is 26.4 Å². The number of nitrogens with one attached hydrogen (secondary N) is 1. The number of sulfonamides is 2. The Balaban J connectivity index is 1.89. The minimum atomic E-state index is -3.94. The average molecular weight is 439 g/mol. The number of nitrogens with zero attached hydrogens (tertiary/aromatic N) is 1. The van der Waals surface area contributed by atoms with E-state index in [1.54, 1.807) is 19.1 Å². The highest BCUT2D eigenvalue weighted by molar-refractivity contribution is 7.93. The van der Waals surface area contributed by atoms with Gasteiger partial charge in [-0.15, -0.1) is 0 Å². The van der Waals surface area contributed by atoms with Crippen LogP contribution in [0.4, 0.5) is 11.4 Å². The van der Waals surface area contributed by atoms with Crippen molar-refractivity contribution in [1.82, 2.24) is 0 Å². The lowest BCUT2D eigenvalue weighted by Crippen LogP contribution is -2.37. The van der Waals surface area contributed by atoms with Crippen LogP contribution in [0.1, 0.15) is 28.8 Å². The largest absolute Gasteiger partial charge is 0.465 e. The first-order valence-electron chi connectivity index (χ1n) is 8.96. The Hall–Kier alpha value is -2.59. The SMILES string of the molecule is COC(=O)c1cccc(NS(=O)(=O)c2ccc(N3CCCCS3(=O)=O)cc2C)c1. The van der Waals surface area contributed by atoms with Gasteiger partial charge in [0.15, 0.2) is 0 Å². The zero-order valence-corrected chi connectivity index (χ0v) is 17.7. The Morgan fingerprint density at radius 3 is 2.55 bits per heavy atom. The molecule has 2 aromatic rings. The van der Waals surface area contributed by atoms with Gasteiger partial charge in [-0.3, -0.25) is 9.03 Å². The van der Waals surface area contributed by atoms with Crippen molar-refractivity contribution in [1.29, 1.82) is 0 Å². The van der Waals surface area contributed by atoms with Gasteiger partial charge in [0.1, 0.15) is 0 Å². The monoisotopic (exact) mass is 438 g/mol. The zero-order chi connectivity index (χ0) is 21.2. The van der Waals surface area contributed by atoms with E-state index >= 15 is 0 Å². The fraction of sp³-hybridized carbons (Fsp3) is 0.316. The summed E-state index contributed by atoms with van der Waals surface area (Å²) in [5, 5.41) is 0. The highest BCUT2D eigenvalue weighted by Gasteiger charge is 2.27. The molecule has 0 unspecified atom stereocenters. The molecule has 1 heterocycles. The number of hydrogen-bond donors (Lipinski definition) is 1. The Morgan fingerprint density at radius 2 is 1.90 bits per heavy atom. The summed E-state index contributed by atoms with van der Waals surface area (Å²) in [4.78, 5) is 11.7. The van der Waals surface area contributed by atoms with Crippen LogP contribution in [0.3, 0.4) is 0 Å². The van der Waals surface area contributed by atoms with Crippen LogP contribution in [0.25, 0.3) is 0 Å². The molecule has 0 aliphatic carbocycles. The molecule has 1 fully saturated rings. The lowest BCUT2D eigenvalue weighted by atomic mass is 10.2. The summed E-state index contributed by atoms with van der Waals surface area (Å²) in [6.45, 7) is 1.99. The molecule has 156 valence electrons. The van der Waals surface area contributed by atoms with Crippen LogP contribution in [0.15, 0.2) is 47.4 Å². The highest BCUT2D eigenvalue weighted by atomic mass is 32.2. The second-order valence-electron chi connectivity index (χ2n) is 6.72. The van der Waals surface area contributed by atoms with Gasteiger partial charge in [-0.05, 0) is 61.7 Å². The van der Waals surface area contributed by atoms with Gasteiger partial charge in [0, 0.05) is 12.2 Å². The van der Waals surface area contributed by atoms with Crippen LogP contribution in [0, 0.1) is 6.92 Å². The molecule has 0 amide bonds. The Kier molecular flexibility index (Phi) is 5.85. The predicted octanol–water partition coefficient (Wildman–Crippen LogP) is 2.51. The Morgan fingerprint density at radius 1 is 1.14 bits per heavy atom. The summed E-state index contributed by atoms with van der Waals surface area (Å²) in [7, 11) is -6.08. The third-order valence-electron chi connectivity index (χ3n) is 4.62. The first kappa shape index (κ1) is 21.1. The molecule has 0 aromatic heterocycles. The van der Waals surface area contributed by atoms with E-state index < -0.39 is 26.0 Å². The average Bonchev–Trinajstić information content (AvgIpc) is 2.66. The van der Waals surface area contributed by atoms with Gasteiger partial charge in [-0.2, -0.15) is 0 Å². The summed E-state index contributed by atoms with van der Waals surface area (Å²) in [5.41, 5.74) is 1.30. The smallest absolute Gasteiger partial charge is 0.337 e. The maximum atomic E-state index is 12.8. The van der Waals surface area contributed by atoms with E-state index in [2.05, 4.69) is 9.46 Å². The van der Waals surface area contributed by atoms with Gasteiger partial charge in [0.05, 0.1) is 29.0 Å². The van der Waals surface area contributed by atoms with Gasteiger partial charge in [0.25, 0.3) is 10.0 Å². The molecule has 0 bridgehead atoms. The van der Waals surface area contributed by atoms with Crippen molar-refractivity contribution in [2.75, 3.05) is 28.4 Å². The van der Waals surface area contributed by atoms with Crippen molar-refractivity contribution in [2.45, 2.75) is 24.7 Å². The molecule has 3 rings (SSSR count). The first-order valence-corrected chi connectivity index (χ1v) is 12.1. The van der Waals surface area contributed by atoms with E-state index in [-0.39, 0.29) is 21.9 Å². The minimum absolute atomic E-state index is 0.0270. The number of esters is 1. The van der Waals surface area contributed by atoms with E-state index in [0.29, 0.717) is 24.2 Å². The summed E-state index contributed by atoms with van der Waals surface area (Å²) < 4.78 is 58.6. The van der Waals surface area contributed by atoms with Gasteiger partial charge < -0.3 is 4.74 Å². The summed E-state index contributed by atoms with van der Waals surface area (Å²) in [6, 6.07) is 10.4. The number of carbonyl (C=O) groups is 1. The van der Waals surface area contributed by atoms with Crippen molar-refractivity contribution >= 4 is 37.4 Å². The molecule has 0 atom stereocenters. The molecule has 1 aliphatic heterocycles. The topological polar surface area (TPSA) is 110 Å². The molecule has 2 aromatic carbocycles. The molecule has 29 heavy (non-hydrogen) atoms. The molecule has 1 N–H and O–H groups in total. The summed E-state index contributed by atoms with van der Waals surface area (Å²) in [6.07, 6.45) is 1.38. The molecule has 0 radical (unpaired) electrons. The number of benzene rings is 2. The minimum Gasteiger partial charge on any atom is -0.465 e. The highest BCUT2D eigenvalue weighted by Crippen LogP contribution is 2.28. The number of rotatable bonds is 5. The van der Waals surface area contributed by atoms with Crippen molar-refractivity contribution in [3.8, 4) is 0 Å². The second-order valence-corrected chi connectivity index (χ2v) is 10.4. The van der Waals surface area contributed by atoms with Crippen molar-refractivity contribution in [3.05, 3.63) is 53.6 Å². The normalized spacial score (nSPS) is 16.3. The third-order valence-corrected chi connectivity index (χ3v) is 8.03. The van der Waals surface area contributed by atoms with E-state index in [1.165, 1.54) is 41.7 Å². The number of ether oxygens (including phenoxy) is 1. The molecule has 8 nitrogen and oxygen atoms in total. The molecular weight excluding hydrogens is 416 g/mol. The number of aryl methyl sites for hydroxylation is 1. The van der Waals surface area contributed by atoms with E-state index in [9.17, 15) is 21.6 Å². The molecule has 10 heteroatoms. The number of hydrogen-bond acceptors (Lipinski definition) is 6. The van der Waals surface area contributed by atoms with E-state index in [1.807, 2.05) is 0 Å². The van der Waals surface area contributed by atoms with Crippen LogP contribution >= 0.6 is 0 Å². The lowest BCUT2D eigenvalue weighted by Gasteiger charge is -2.28. The molecule has 1 saturated heterocycles. The van der Waals surface area contributed by atoms with Crippen LogP contribution in [-0.2, 0) is 24.8 Å². The van der Waals surface area contributed by atoms with Crippen molar-refractivity contribution in [2.24, 2.45) is 0 Å². The fourth-order valence-electron chi connectivity index (χ4n) is 3.21. The number of methoxy groups -OCH3 is 1. The maximum absolute atomic E-state index is 12.8. The zero-order valence-electron chi connectivity index (χ0n) is 16.1. The van der Waals surface area contributed by atoms with E-state index in [4.69, 9.17) is 0 Å². The standard InChI is InChI=1S/C19H22N2O6S2/c1-14-12-17(21-10-3-4-11-28(21,23)24)8-9-18(14)29(25,26)20-16-7-5-6-15(13-16)19(22)27-2/h5-9,12-13,20H,3-4,10-11H2,1-2H3. The molecule has 0 spiro atoms. The van der Waals surface area contributed by atoms with E-state index in [0.717, 1.165) is 6.42 Å².